The standard InChI is InChI=1S/C16H19N5OS.C2HF3O2/c1-11-8-15(22)21-16(18-11)23-14(19-21)10-20(2)13(9-17)12-6-4-3-5-7-12;3-2(4,5)1(6)7/h3-8,13H,9-10,17H2,1-2H3;(H,6,7). The fourth-order valence-electron chi connectivity index (χ4n) is 2.59. The van der Waals surface area contributed by atoms with Crippen molar-refractivity contribution in [2.75, 3.05) is 13.6 Å². The van der Waals surface area contributed by atoms with Gasteiger partial charge in [0.05, 0.1) is 6.54 Å². The number of halogens is 3. The summed E-state index contributed by atoms with van der Waals surface area (Å²) < 4.78 is 33.1. The SMILES string of the molecule is Cc1cc(=O)n2nc(CN(C)C(CN)c3ccccc3)sc2n1.O=C(O)C(F)(F)F. The van der Waals surface area contributed by atoms with Crippen LogP contribution in [0.25, 0.3) is 4.96 Å². The molecule has 8 nitrogen and oxygen atoms in total. The van der Waals surface area contributed by atoms with Gasteiger partial charge in [0.1, 0.15) is 5.01 Å². The monoisotopic (exact) mass is 443 g/mol. The average Bonchev–Trinajstić information content (AvgIpc) is 3.05. The molecular formula is C18H20F3N5O3S. The zero-order valence-corrected chi connectivity index (χ0v) is 16.9. The maximum Gasteiger partial charge on any atom is 0.490 e. The summed E-state index contributed by atoms with van der Waals surface area (Å²) in [6, 6.07) is 11.8. The Labute approximate surface area is 173 Å². The molecule has 0 aliphatic heterocycles. The lowest BCUT2D eigenvalue weighted by Gasteiger charge is -2.26. The Hall–Kier alpha value is -2.83. The quantitative estimate of drug-likeness (QED) is 0.622. The van der Waals surface area contributed by atoms with Crippen LogP contribution in [0, 0.1) is 6.92 Å². The third kappa shape index (κ3) is 6.08. The number of hydrogen-bond donors (Lipinski definition) is 2. The number of likely N-dealkylation sites (N-methyl/N-ethyl adjacent to an activating group) is 1. The van der Waals surface area contributed by atoms with Gasteiger partial charge in [-0.05, 0) is 19.5 Å². The second-order valence-electron chi connectivity index (χ2n) is 6.31. The molecule has 30 heavy (non-hydrogen) atoms. The van der Waals surface area contributed by atoms with E-state index in [9.17, 15) is 18.0 Å². The van der Waals surface area contributed by atoms with E-state index in [0.29, 0.717) is 23.7 Å². The zero-order valence-electron chi connectivity index (χ0n) is 16.1. The lowest BCUT2D eigenvalue weighted by Crippen LogP contribution is -2.30. The minimum absolute atomic E-state index is 0.106. The van der Waals surface area contributed by atoms with Crippen LogP contribution in [0.5, 0.6) is 0 Å². The molecule has 0 spiro atoms. The van der Waals surface area contributed by atoms with E-state index in [2.05, 4.69) is 27.1 Å². The Kier molecular flexibility index (Phi) is 7.65. The first kappa shape index (κ1) is 23.4. The van der Waals surface area contributed by atoms with Crippen LogP contribution in [-0.2, 0) is 11.3 Å². The predicted molar refractivity (Wildman–Crippen MR) is 105 cm³/mol. The highest BCUT2D eigenvalue weighted by molar-refractivity contribution is 7.16. The second kappa shape index (κ2) is 9.78. The van der Waals surface area contributed by atoms with Crippen LogP contribution in [0.2, 0.25) is 0 Å². The third-order valence-corrected chi connectivity index (χ3v) is 4.87. The fourth-order valence-corrected chi connectivity index (χ4v) is 3.60. The van der Waals surface area contributed by atoms with Gasteiger partial charge in [-0.1, -0.05) is 41.7 Å². The van der Waals surface area contributed by atoms with Gasteiger partial charge < -0.3 is 10.8 Å². The first-order chi connectivity index (χ1) is 14.0. The van der Waals surface area contributed by atoms with E-state index in [-0.39, 0.29) is 11.6 Å². The summed E-state index contributed by atoms with van der Waals surface area (Å²) in [6.07, 6.45) is -5.08. The van der Waals surface area contributed by atoms with Gasteiger partial charge in [0.2, 0.25) is 4.96 Å². The molecule has 0 saturated carbocycles. The molecule has 2 aromatic heterocycles. The molecule has 0 aliphatic rings. The molecular weight excluding hydrogens is 423 g/mol. The van der Waals surface area contributed by atoms with Gasteiger partial charge in [0.25, 0.3) is 5.56 Å². The summed E-state index contributed by atoms with van der Waals surface area (Å²) in [7, 11) is 2.01. The summed E-state index contributed by atoms with van der Waals surface area (Å²) in [4.78, 5) is 28.0. The first-order valence-electron chi connectivity index (χ1n) is 8.64. The van der Waals surface area contributed by atoms with Crippen molar-refractivity contribution < 1.29 is 23.1 Å². The maximum absolute atomic E-state index is 11.9. The third-order valence-electron chi connectivity index (χ3n) is 3.98. The Bertz CT molecular complexity index is 1050. The minimum atomic E-state index is -5.08. The largest absolute Gasteiger partial charge is 0.490 e. The van der Waals surface area contributed by atoms with Crippen molar-refractivity contribution in [1.29, 1.82) is 0 Å². The van der Waals surface area contributed by atoms with E-state index < -0.39 is 12.1 Å². The van der Waals surface area contributed by atoms with Crippen LogP contribution in [0.3, 0.4) is 0 Å². The average molecular weight is 443 g/mol. The molecule has 162 valence electrons. The number of benzene rings is 1. The number of carbonyl (C=O) groups is 1. The van der Waals surface area contributed by atoms with E-state index in [1.54, 1.807) is 0 Å². The Morgan fingerprint density at radius 3 is 2.47 bits per heavy atom. The molecule has 1 aromatic carbocycles. The number of aryl methyl sites for hydroxylation is 1. The number of fused-ring (bicyclic) bond motifs is 1. The van der Waals surface area contributed by atoms with Gasteiger partial charge in [-0.15, -0.1) is 0 Å². The lowest BCUT2D eigenvalue weighted by molar-refractivity contribution is -0.192. The second-order valence-corrected chi connectivity index (χ2v) is 7.35. The molecule has 3 aromatic rings. The van der Waals surface area contributed by atoms with Gasteiger partial charge >= 0.3 is 12.1 Å². The lowest BCUT2D eigenvalue weighted by atomic mass is 10.1. The summed E-state index contributed by atoms with van der Waals surface area (Å²) in [5.74, 6) is -2.76. The Balaban J connectivity index is 0.000000396. The summed E-state index contributed by atoms with van der Waals surface area (Å²) >= 11 is 1.44. The highest BCUT2D eigenvalue weighted by Gasteiger charge is 2.38. The van der Waals surface area contributed by atoms with E-state index >= 15 is 0 Å². The van der Waals surface area contributed by atoms with Crippen LogP contribution in [0.15, 0.2) is 41.2 Å². The fraction of sp³-hybridized carbons (Fsp3) is 0.333. The summed E-state index contributed by atoms with van der Waals surface area (Å²) in [6.45, 7) is 2.94. The smallest absolute Gasteiger partial charge is 0.475 e. The molecule has 0 saturated heterocycles. The number of hydrogen-bond acceptors (Lipinski definition) is 7. The number of rotatable bonds is 5. The number of nitrogens with two attached hydrogens (primary N) is 1. The predicted octanol–water partition coefficient (Wildman–Crippen LogP) is 2.22. The van der Waals surface area contributed by atoms with Crippen LogP contribution in [0.4, 0.5) is 13.2 Å². The molecule has 0 fully saturated rings. The van der Waals surface area contributed by atoms with Crippen molar-refractivity contribution in [1.82, 2.24) is 19.5 Å². The number of aliphatic carboxylic acids is 1. The molecule has 3 rings (SSSR count). The summed E-state index contributed by atoms with van der Waals surface area (Å²) in [5.41, 5.74) is 7.69. The van der Waals surface area contributed by atoms with Crippen molar-refractivity contribution in [2.24, 2.45) is 5.73 Å². The van der Waals surface area contributed by atoms with Gasteiger partial charge in [-0.25, -0.2) is 9.78 Å². The zero-order chi connectivity index (χ0) is 22.5. The van der Waals surface area contributed by atoms with E-state index in [1.807, 2.05) is 32.2 Å². The van der Waals surface area contributed by atoms with Crippen molar-refractivity contribution in [3.8, 4) is 0 Å². The number of carboxylic acids is 1. The van der Waals surface area contributed by atoms with Crippen LogP contribution in [-0.4, -0.2) is 50.3 Å². The van der Waals surface area contributed by atoms with Gasteiger partial charge in [-0.2, -0.15) is 22.8 Å². The number of alkyl halides is 3. The molecule has 0 radical (unpaired) electrons. The highest BCUT2D eigenvalue weighted by atomic mass is 32.1. The normalized spacial score (nSPS) is 12.5. The van der Waals surface area contributed by atoms with Crippen molar-refractivity contribution >= 4 is 22.3 Å². The maximum atomic E-state index is 11.9. The molecule has 1 unspecified atom stereocenters. The van der Waals surface area contributed by atoms with Gasteiger partial charge in [0.15, 0.2) is 0 Å². The molecule has 0 aliphatic carbocycles. The minimum Gasteiger partial charge on any atom is -0.475 e. The summed E-state index contributed by atoms with van der Waals surface area (Å²) in [5, 5.41) is 12.4. The van der Waals surface area contributed by atoms with Crippen LogP contribution >= 0.6 is 11.3 Å². The highest BCUT2D eigenvalue weighted by Crippen LogP contribution is 2.21. The number of aromatic nitrogens is 3. The first-order valence-corrected chi connectivity index (χ1v) is 9.46. The van der Waals surface area contributed by atoms with Crippen molar-refractivity contribution in [3.63, 3.8) is 0 Å². The van der Waals surface area contributed by atoms with Crippen molar-refractivity contribution in [2.45, 2.75) is 25.7 Å². The van der Waals surface area contributed by atoms with Gasteiger partial charge in [0, 0.05) is 24.3 Å². The Morgan fingerprint density at radius 1 is 1.33 bits per heavy atom. The number of nitrogens with zero attached hydrogens (tertiary/aromatic N) is 4. The van der Waals surface area contributed by atoms with E-state index in [0.717, 1.165) is 5.01 Å². The molecule has 1 atom stereocenters. The van der Waals surface area contributed by atoms with Crippen LogP contribution < -0.4 is 11.3 Å². The molecule has 2 heterocycles. The van der Waals surface area contributed by atoms with E-state index in [1.165, 1.54) is 27.5 Å². The molecule has 0 amide bonds. The van der Waals surface area contributed by atoms with Crippen LogP contribution in [0.1, 0.15) is 22.3 Å². The van der Waals surface area contributed by atoms with Gasteiger partial charge in [-0.3, -0.25) is 9.69 Å². The molecule has 12 heteroatoms. The van der Waals surface area contributed by atoms with Crippen molar-refractivity contribution in [3.05, 3.63) is 63.0 Å². The number of carboxylic acid groups (broad SMARTS) is 1. The Morgan fingerprint density at radius 2 is 1.93 bits per heavy atom. The molecule has 3 N–H and O–H groups in total. The topological polar surface area (TPSA) is 114 Å². The van der Waals surface area contributed by atoms with E-state index in [4.69, 9.17) is 15.6 Å². The molecule has 0 bridgehead atoms.